The Hall–Kier alpha value is -2.76. The number of hydrogen-bond donors (Lipinski definition) is 0. The minimum Gasteiger partial charge on any atom is -0.497 e. The van der Waals surface area contributed by atoms with Crippen LogP contribution in [0.25, 0.3) is 0 Å². The van der Waals surface area contributed by atoms with E-state index in [1.54, 1.807) is 37.4 Å². The van der Waals surface area contributed by atoms with Crippen LogP contribution in [0, 0.1) is 13.8 Å². The Morgan fingerprint density at radius 2 is 1.67 bits per heavy atom. The number of methoxy groups -OCH3 is 1. The Kier molecular flexibility index (Phi) is 5.63. The predicted molar refractivity (Wildman–Crippen MR) is 88.7 cm³/mol. The lowest BCUT2D eigenvalue weighted by atomic mass is 10.1. The second-order valence-corrected chi connectivity index (χ2v) is 5.39. The fraction of sp³-hybridized carbons (Fsp3) is 0.333. The minimum absolute atomic E-state index is 0.228. The fourth-order valence-electron chi connectivity index (χ4n) is 2.22. The molecule has 1 aromatic carbocycles. The van der Waals surface area contributed by atoms with E-state index in [-0.39, 0.29) is 19.0 Å². The molecule has 0 saturated heterocycles. The maximum Gasteiger partial charge on any atom is 0.344 e. The molecule has 6 nitrogen and oxygen atoms in total. The standard InChI is InChI=1S/C18H21NO5/c1-12-9-16(13(2)19(12)3)17(20)10-24-18(21)11-23-15-7-5-14(22-4)6-8-15/h5-9H,10-11H2,1-4H3. The summed E-state index contributed by atoms with van der Waals surface area (Å²) in [5, 5.41) is 0. The van der Waals surface area contributed by atoms with E-state index < -0.39 is 5.97 Å². The molecular weight excluding hydrogens is 310 g/mol. The van der Waals surface area contributed by atoms with Gasteiger partial charge in [0.1, 0.15) is 11.5 Å². The van der Waals surface area contributed by atoms with E-state index in [0.29, 0.717) is 17.1 Å². The summed E-state index contributed by atoms with van der Waals surface area (Å²) in [7, 11) is 3.45. The molecule has 0 aliphatic heterocycles. The van der Waals surface area contributed by atoms with Crippen molar-refractivity contribution in [1.29, 1.82) is 0 Å². The second kappa shape index (κ2) is 7.68. The van der Waals surface area contributed by atoms with Gasteiger partial charge in [-0.25, -0.2) is 4.79 Å². The third kappa shape index (κ3) is 4.16. The highest BCUT2D eigenvalue weighted by molar-refractivity contribution is 5.99. The van der Waals surface area contributed by atoms with E-state index in [4.69, 9.17) is 14.2 Å². The molecule has 1 aromatic heterocycles. The van der Waals surface area contributed by atoms with Gasteiger partial charge in [0, 0.05) is 24.0 Å². The van der Waals surface area contributed by atoms with E-state index in [1.807, 2.05) is 25.5 Å². The van der Waals surface area contributed by atoms with Crippen molar-refractivity contribution in [2.75, 3.05) is 20.3 Å². The molecule has 0 saturated carbocycles. The molecule has 0 spiro atoms. The zero-order valence-electron chi connectivity index (χ0n) is 14.3. The molecular formula is C18H21NO5. The maximum atomic E-state index is 12.1. The molecule has 24 heavy (non-hydrogen) atoms. The summed E-state index contributed by atoms with van der Waals surface area (Å²) in [5.41, 5.74) is 2.40. The van der Waals surface area contributed by atoms with E-state index >= 15 is 0 Å². The van der Waals surface area contributed by atoms with Crippen molar-refractivity contribution in [2.45, 2.75) is 13.8 Å². The summed E-state index contributed by atoms with van der Waals surface area (Å²) in [6.45, 7) is 3.22. The molecule has 0 unspecified atom stereocenters. The number of rotatable bonds is 7. The molecule has 0 N–H and O–H groups in total. The molecule has 0 aliphatic rings. The van der Waals surface area contributed by atoms with E-state index in [0.717, 1.165) is 11.4 Å². The molecule has 0 amide bonds. The average Bonchev–Trinajstić information content (AvgIpc) is 2.85. The molecule has 2 rings (SSSR count). The Balaban J connectivity index is 1.82. The van der Waals surface area contributed by atoms with Crippen LogP contribution in [0.15, 0.2) is 30.3 Å². The van der Waals surface area contributed by atoms with Crippen LogP contribution < -0.4 is 9.47 Å². The zero-order chi connectivity index (χ0) is 17.7. The number of Topliss-reactive ketones (excluding diaryl/α,β-unsaturated/α-hetero) is 1. The largest absolute Gasteiger partial charge is 0.497 e. The normalized spacial score (nSPS) is 10.3. The monoisotopic (exact) mass is 331 g/mol. The average molecular weight is 331 g/mol. The van der Waals surface area contributed by atoms with Crippen LogP contribution in [0.5, 0.6) is 11.5 Å². The van der Waals surface area contributed by atoms with Crippen molar-refractivity contribution >= 4 is 11.8 Å². The van der Waals surface area contributed by atoms with Crippen LogP contribution in [0.3, 0.4) is 0 Å². The van der Waals surface area contributed by atoms with Gasteiger partial charge in [-0.05, 0) is 44.2 Å². The van der Waals surface area contributed by atoms with Crippen LogP contribution in [0.1, 0.15) is 21.7 Å². The van der Waals surface area contributed by atoms with Crippen LogP contribution in [-0.2, 0) is 16.6 Å². The Labute approximate surface area is 140 Å². The number of esters is 1. The van der Waals surface area contributed by atoms with Gasteiger partial charge in [0.2, 0.25) is 5.78 Å². The maximum absolute atomic E-state index is 12.1. The highest BCUT2D eigenvalue weighted by Crippen LogP contribution is 2.17. The number of aryl methyl sites for hydroxylation is 1. The van der Waals surface area contributed by atoms with Gasteiger partial charge >= 0.3 is 5.97 Å². The van der Waals surface area contributed by atoms with Crippen molar-refractivity contribution in [3.63, 3.8) is 0 Å². The highest BCUT2D eigenvalue weighted by atomic mass is 16.6. The molecule has 0 fully saturated rings. The summed E-state index contributed by atoms with van der Waals surface area (Å²) >= 11 is 0. The number of ether oxygens (including phenoxy) is 3. The van der Waals surface area contributed by atoms with Gasteiger partial charge in [-0.2, -0.15) is 0 Å². The molecule has 6 heteroatoms. The molecule has 0 atom stereocenters. The topological polar surface area (TPSA) is 66.8 Å². The van der Waals surface area contributed by atoms with Crippen LogP contribution in [-0.4, -0.2) is 36.6 Å². The van der Waals surface area contributed by atoms with Crippen LogP contribution in [0.4, 0.5) is 0 Å². The van der Waals surface area contributed by atoms with Gasteiger partial charge in [0.05, 0.1) is 7.11 Å². The van der Waals surface area contributed by atoms with Crippen molar-refractivity contribution in [3.05, 3.63) is 47.3 Å². The number of nitrogens with zero attached hydrogens (tertiary/aromatic N) is 1. The van der Waals surface area contributed by atoms with Crippen molar-refractivity contribution in [3.8, 4) is 11.5 Å². The first-order valence-corrected chi connectivity index (χ1v) is 7.51. The van der Waals surface area contributed by atoms with Gasteiger partial charge in [-0.15, -0.1) is 0 Å². The lowest BCUT2D eigenvalue weighted by Crippen LogP contribution is -2.19. The molecule has 0 aliphatic carbocycles. The first-order valence-electron chi connectivity index (χ1n) is 7.51. The lowest BCUT2D eigenvalue weighted by Gasteiger charge is -2.07. The summed E-state index contributed by atoms with van der Waals surface area (Å²) in [6.07, 6.45) is 0. The van der Waals surface area contributed by atoms with Crippen LogP contribution >= 0.6 is 0 Å². The summed E-state index contributed by atoms with van der Waals surface area (Å²) in [4.78, 5) is 23.8. The van der Waals surface area contributed by atoms with E-state index in [1.165, 1.54) is 0 Å². The Bertz CT molecular complexity index is 731. The fourth-order valence-corrected chi connectivity index (χ4v) is 2.22. The second-order valence-electron chi connectivity index (χ2n) is 5.39. The number of carbonyl (C=O) groups excluding carboxylic acids is 2. The summed E-state index contributed by atoms with van der Waals surface area (Å²) in [5.74, 6) is 0.399. The summed E-state index contributed by atoms with van der Waals surface area (Å²) in [6, 6.07) is 8.62. The van der Waals surface area contributed by atoms with Gasteiger partial charge < -0.3 is 18.8 Å². The number of carbonyl (C=O) groups is 2. The Morgan fingerprint density at radius 1 is 1.04 bits per heavy atom. The third-order valence-electron chi connectivity index (χ3n) is 3.86. The van der Waals surface area contributed by atoms with Gasteiger partial charge in [0.15, 0.2) is 13.2 Å². The van der Waals surface area contributed by atoms with Gasteiger partial charge in [0.25, 0.3) is 0 Å². The highest BCUT2D eigenvalue weighted by Gasteiger charge is 2.16. The first kappa shape index (κ1) is 17.6. The van der Waals surface area contributed by atoms with Crippen molar-refractivity contribution in [1.82, 2.24) is 4.57 Å². The summed E-state index contributed by atoms with van der Waals surface area (Å²) < 4.78 is 17.2. The Morgan fingerprint density at radius 3 is 2.21 bits per heavy atom. The van der Waals surface area contributed by atoms with E-state index in [2.05, 4.69) is 0 Å². The predicted octanol–water partition coefficient (Wildman–Crippen LogP) is 2.46. The van der Waals surface area contributed by atoms with E-state index in [9.17, 15) is 9.59 Å². The molecule has 0 bridgehead atoms. The number of ketones is 1. The smallest absolute Gasteiger partial charge is 0.344 e. The number of aromatic nitrogens is 1. The zero-order valence-corrected chi connectivity index (χ0v) is 14.3. The van der Waals surface area contributed by atoms with Gasteiger partial charge in [-0.1, -0.05) is 0 Å². The van der Waals surface area contributed by atoms with Crippen LogP contribution in [0.2, 0.25) is 0 Å². The molecule has 0 radical (unpaired) electrons. The quantitative estimate of drug-likeness (QED) is 0.576. The van der Waals surface area contributed by atoms with Crippen molar-refractivity contribution in [2.24, 2.45) is 7.05 Å². The van der Waals surface area contributed by atoms with Gasteiger partial charge in [-0.3, -0.25) is 4.79 Å². The lowest BCUT2D eigenvalue weighted by molar-refractivity contribution is -0.144. The third-order valence-corrected chi connectivity index (χ3v) is 3.86. The number of hydrogen-bond acceptors (Lipinski definition) is 5. The van der Waals surface area contributed by atoms with Crippen molar-refractivity contribution < 1.29 is 23.8 Å². The molecule has 128 valence electrons. The molecule has 2 aromatic rings. The number of benzene rings is 1. The molecule has 1 heterocycles. The minimum atomic E-state index is -0.593. The SMILES string of the molecule is COc1ccc(OCC(=O)OCC(=O)c2cc(C)n(C)c2C)cc1. The first-order chi connectivity index (χ1) is 11.4.